The molecule has 2 atom stereocenters. The number of pyridine rings is 1. The van der Waals surface area contributed by atoms with Crippen molar-refractivity contribution in [3.05, 3.63) is 58.3 Å². The molecular weight excluding hydrogens is 366 g/mol. The van der Waals surface area contributed by atoms with Gasteiger partial charge in [-0.1, -0.05) is 24.3 Å². The molecule has 1 aromatic heterocycles. The number of rotatable bonds is 2. The van der Waals surface area contributed by atoms with Gasteiger partial charge in [0, 0.05) is 30.5 Å². The van der Waals surface area contributed by atoms with Gasteiger partial charge in [0.25, 0.3) is 0 Å². The average Bonchev–Trinajstić information content (AvgIpc) is 3.33. The fourth-order valence-electron chi connectivity index (χ4n) is 4.68. The molecule has 0 aliphatic carbocycles. The summed E-state index contributed by atoms with van der Waals surface area (Å²) < 4.78 is 19.6. The second-order valence-corrected chi connectivity index (χ2v) is 8.30. The lowest BCUT2D eigenvalue weighted by atomic mass is 9.97. The van der Waals surface area contributed by atoms with Crippen molar-refractivity contribution in [2.45, 2.75) is 25.0 Å². The van der Waals surface area contributed by atoms with E-state index in [1.54, 1.807) is 7.11 Å². The summed E-state index contributed by atoms with van der Waals surface area (Å²) in [5.74, 6) is 1.34. The van der Waals surface area contributed by atoms with Crippen LogP contribution in [0.5, 0.6) is 11.5 Å². The van der Waals surface area contributed by atoms with Crippen molar-refractivity contribution in [3.63, 3.8) is 0 Å². The Labute approximate surface area is 167 Å². The molecule has 2 aliphatic heterocycles. The van der Waals surface area contributed by atoms with Crippen molar-refractivity contribution in [1.82, 2.24) is 4.57 Å². The van der Waals surface area contributed by atoms with Gasteiger partial charge in [0.05, 0.1) is 30.1 Å². The number of fused-ring (bicyclic) bond motifs is 5. The highest BCUT2D eigenvalue weighted by atomic mass is 16.6. The second kappa shape index (κ2) is 5.51. The minimum atomic E-state index is -0.246. The topological polar surface area (TPSA) is 53.0 Å². The van der Waals surface area contributed by atoms with Crippen LogP contribution in [0.1, 0.15) is 12.5 Å². The van der Waals surface area contributed by atoms with E-state index in [1.165, 1.54) is 0 Å². The first-order chi connectivity index (χ1) is 14.0. The lowest BCUT2D eigenvalue weighted by Crippen LogP contribution is -2.30. The zero-order chi connectivity index (χ0) is 19.9. The maximum absolute atomic E-state index is 13.6. The van der Waals surface area contributed by atoms with Gasteiger partial charge in [-0.2, -0.15) is 0 Å². The van der Waals surface area contributed by atoms with E-state index >= 15 is 0 Å². The lowest BCUT2D eigenvalue weighted by molar-refractivity contribution is 0.127. The van der Waals surface area contributed by atoms with Crippen molar-refractivity contribution < 1.29 is 14.2 Å². The summed E-state index contributed by atoms with van der Waals surface area (Å²) in [6.07, 6.45) is 0.675. The van der Waals surface area contributed by atoms with Crippen molar-refractivity contribution >= 4 is 32.6 Å². The number of hydrogen-bond donors (Lipinski definition) is 0. The quantitative estimate of drug-likeness (QED) is 0.386. The predicted molar refractivity (Wildman–Crippen MR) is 113 cm³/mol. The van der Waals surface area contributed by atoms with E-state index in [9.17, 15) is 4.79 Å². The van der Waals surface area contributed by atoms with Gasteiger partial charge in [-0.15, -0.1) is 0 Å². The van der Waals surface area contributed by atoms with Crippen LogP contribution in [0.4, 0.5) is 0 Å². The number of nitrogens with zero attached hydrogens (tertiary/aromatic N) is 1. The molecule has 0 bridgehead atoms. The molecule has 3 aromatic carbocycles. The van der Waals surface area contributed by atoms with Crippen molar-refractivity contribution in [3.8, 4) is 11.5 Å². The molecule has 3 heterocycles. The Kier molecular flexibility index (Phi) is 3.21. The molecule has 5 heteroatoms. The molecule has 5 nitrogen and oxygen atoms in total. The Morgan fingerprint density at radius 3 is 2.59 bits per heavy atom. The number of aromatic nitrogens is 1. The predicted octanol–water partition coefficient (Wildman–Crippen LogP) is 3.95. The molecule has 1 saturated heterocycles. The maximum atomic E-state index is 13.6. The van der Waals surface area contributed by atoms with Crippen LogP contribution in [0.3, 0.4) is 0 Å². The van der Waals surface area contributed by atoms with Crippen LogP contribution < -0.4 is 14.9 Å². The van der Waals surface area contributed by atoms with Crippen molar-refractivity contribution in [2.75, 3.05) is 13.7 Å². The SMILES string of the molecule is COc1cc2c(c3c1c(=O)c1cc4ccccc4cc1n3C)C[C@H](C1(C)CO1)O2. The van der Waals surface area contributed by atoms with Crippen molar-refractivity contribution in [2.24, 2.45) is 7.05 Å². The van der Waals surface area contributed by atoms with Crippen LogP contribution in [0.2, 0.25) is 0 Å². The Morgan fingerprint density at radius 1 is 1.17 bits per heavy atom. The van der Waals surface area contributed by atoms with Gasteiger partial charge in [-0.05, 0) is 29.8 Å². The minimum absolute atomic E-state index is 0.00385. The molecule has 0 N–H and O–H groups in total. The first kappa shape index (κ1) is 16.9. The van der Waals surface area contributed by atoms with E-state index < -0.39 is 0 Å². The standard InChI is InChI=1S/C24H21NO4/c1-24(12-28-24)20-10-16-18(29-20)11-19(27-3)21-22(16)25(2)17-9-14-7-5-4-6-13(14)8-15(17)23(21)26/h4-9,11,20H,10,12H2,1-3H3/t20-,24?/m1/s1. The fraction of sp³-hybridized carbons (Fsp3) is 0.292. The monoisotopic (exact) mass is 387 g/mol. The number of aryl methyl sites for hydroxylation is 1. The smallest absolute Gasteiger partial charge is 0.201 e. The third-order valence-electron chi connectivity index (χ3n) is 6.52. The summed E-state index contributed by atoms with van der Waals surface area (Å²) in [6.45, 7) is 2.78. The van der Waals surface area contributed by atoms with Gasteiger partial charge >= 0.3 is 0 Å². The molecule has 2 aliphatic rings. The van der Waals surface area contributed by atoms with Gasteiger partial charge < -0.3 is 18.8 Å². The molecule has 29 heavy (non-hydrogen) atoms. The first-order valence-corrected chi connectivity index (χ1v) is 9.86. The van der Waals surface area contributed by atoms with Crippen LogP contribution in [0.15, 0.2) is 47.3 Å². The maximum Gasteiger partial charge on any atom is 0.201 e. The Morgan fingerprint density at radius 2 is 1.90 bits per heavy atom. The summed E-state index contributed by atoms with van der Waals surface area (Å²) in [7, 11) is 3.62. The van der Waals surface area contributed by atoms with Gasteiger partial charge in [0.1, 0.15) is 23.2 Å². The van der Waals surface area contributed by atoms with Crippen LogP contribution in [-0.4, -0.2) is 30.0 Å². The number of ether oxygens (including phenoxy) is 3. The second-order valence-electron chi connectivity index (χ2n) is 8.30. The summed E-state index contributed by atoms with van der Waals surface area (Å²) in [6, 6.07) is 14.1. The van der Waals surface area contributed by atoms with Crippen LogP contribution >= 0.6 is 0 Å². The molecule has 0 spiro atoms. The zero-order valence-electron chi connectivity index (χ0n) is 16.6. The Bertz CT molecular complexity index is 1400. The Balaban J connectivity index is 1.74. The van der Waals surface area contributed by atoms with E-state index in [-0.39, 0.29) is 17.1 Å². The van der Waals surface area contributed by atoms with Gasteiger partial charge in [0.15, 0.2) is 0 Å². The summed E-state index contributed by atoms with van der Waals surface area (Å²) in [4.78, 5) is 13.6. The van der Waals surface area contributed by atoms with Gasteiger partial charge in [0.2, 0.25) is 5.43 Å². The minimum Gasteiger partial charge on any atom is -0.496 e. The summed E-state index contributed by atoms with van der Waals surface area (Å²) >= 11 is 0. The zero-order valence-corrected chi connectivity index (χ0v) is 16.6. The number of epoxide rings is 1. The Hall–Kier alpha value is -3.05. The molecule has 0 radical (unpaired) electrons. The van der Waals surface area contributed by atoms with E-state index in [0.717, 1.165) is 39.5 Å². The largest absolute Gasteiger partial charge is 0.496 e. The molecule has 0 saturated carbocycles. The molecule has 6 rings (SSSR count). The highest BCUT2D eigenvalue weighted by Crippen LogP contribution is 2.45. The van der Waals surface area contributed by atoms with E-state index in [2.05, 4.69) is 23.6 Å². The molecule has 146 valence electrons. The fourth-order valence-corrected chi connectivity index (χ4v) is 4.68. The third kappa shape index (κ3) is 2.22. The lowest BCUT2D eigenvalue weighted by Gasteiger charge is -2.16. The molecule has 0 amide bonds. The molecule has 1 fully saturated rings. The summed E-state index contributed by atoms with van der Waals surface area (Å²) in [5.41, 5.74) is 2.60. The number of methoxy groups -OCH3 is 1. The van der Waals surface area contributed by atoms with Crippen LogP contribution in [0, 0.1) is 0 Å². The highest BCUT2D eigenvalue weighted by molar-refractivity contribution is 6.04. The number of hydrogen-bond acceptors (Lipinski definition) is 4. The van der Waals surface area contributed by atoms with Crippen LogP contribution in [0.25, 0.3) is 32.6 Å². The molecule has 1 unspecified atom stereocenters. The summed E-state index contributed by atoms with van der Waals surface area (Å²) in [5, 5.41) is 3.48. The van der Waals surface area contributed by atoms with Gasteiger partial charge in [-0.3, -0.25) is 4.79 Å². The third-order valence-corrected chi connectivity index (χ3v) is 6.52. The van der Waals surface area contributed by atoms with Crippen molar-refractivity contribution in [1.29, 1.82) is 0 Å². The normalized spacial score (nSPS) is 22.8. The van der Waals surface area contributed by atoms with E-state index in [4.69, 9.17) is 14.2 Å². The van der Waals surface area contributed by atoms with E-state index in [0.29, 0.717) is 23.1 Å². The average molecular weight is 387 g/mol. The molecular formula is C24H21NO4. The van der Waals surface area contributed by atoms with Crippen LogP contribution in [-0.2, 0) is 18.2 Å². The van der Waals surface area contributed by atoms with Gasteiger partial charge in [-0.25, -0.2) is 0 Å². The van der Waals surface area contributed by atoms with E-state index in [1.807, 2.05) is 37.4 Å². The first-order valence-electron chi connectivity index (χ1n) is 9.86. The molecule has 4 aromatic rings. The number of benzene rings is 3. The highest BCUT2D eigenvalue weighted by Gasteiger charge is 2.51.